The molecule has 2 aromatic rings. The second-order valence-corrected chi connectivity index (χ2v) is 7.78. The van der Waals surface area contributed by atoms with Gasteiger partial charge in [0.15, 0.2) is 5.96 Å². The van der Waals surface area contributed by atoms with Crippen molar-refractivity contribution in [1.82, 2.24) is 19.8 Å². The van der Waals surface area contributed by atoms with Crippen LogP contribution in [0.25, 0.3) is 0 Å². The fourth-order valence-corrected chi connectivity index (χ4v) is 4.08. The van der Waals surface area contributed by atoms with E-state index in [9.17, 15) is 0 Å². The van der Waals surface area contributed by atoms with E-state index in [1.807, 2.05) is 18.6 Å². The SMILES string of the molecule is CCNC(=NCc1ccc(OC)c(Br)c1)N1CCC(C)C(n2ccnc2)C1.I. The van der Waals surface area contributed by atoms with Crippen molar-refractivity contribution in [3.63, 3.8) is 0 Å². The van der Waals surface area contributed by atoms with E-state index in [-0.39, 0.29) is 24.0 Å². The van der Waals surface area contributed by atoms with E-state index < -0.39 is 0 Å². The highest BCUT2D eigenvalue weighted by Crippen LogP contribution is 2.28. The molecular weight excluding hydrogens is 533 g/mol. The number of benzene rings is 1. The number of hydrogen-bond donors (Lipinski definition) is 1. The van der Waals surface area contributed by atoms with Crippen molar-refractivity contribution in [2.24, 2.45) is 10.9 Å². The van der Waals surface area contributed by atoms with Crippen molar-refractivity contribution < 1.29 is 4.74 Å². The van der Waals surface area contributed by atoms with Crippen LogP contribution in [0.2, 0.25) is 0 Å². The average molecular weight is 562 g/mol. The Morgan fingerprint density at radius 2 is 2.25 bits per heavy atom. The third kappa shape index (κ3) is 5.62. The van der Waals surface area contributed by atoms with Gasteiger partial charge in [0, 0.05) is 32.0 Å². The van der Waals surface area contributed by atoms with Gasteiger partial charge in [0.25, 0.3) is 0 Å². The van der Waals surface area contributed by atoms with E-state index in [4.69, 9.17) is 9.73 Å². The number of halogens is 2. The molecule has 1 aromatic carbocycles. The van der Waals surface area contributed by atoms with Gasteiger partial charge in [0.2, 0.25) is 0 Å². The summed E-state index contributed by atoms with van der Waals surface area (Å²) in [5.74, 6) is 2.43. The Hall–Kier alpha value is -1.29. The van der Waals surface area contributed by atoms with E-state index in [1.165, 1.54) is 0 Å². The molecule has 1 fully saturated rings. The average Bonchev–Trinajstić information content (AvgIpc) is 3.20. The number of hydrogen-bond acceptors (Lipinski definition) is 3. The number of piperidine rings is 1. The molecule has 8 heteroatoms. The Kier molecular flexibility index (Phi) is 9.07. The summed E-state index contributed by atoms with van der Waals surface area (Å²) < 4.78 is 8.48. The summed E-state index contributed by atoms with van der Waals surface area (Å²) in [4.78, 5) is 11.5. The van der Waals surface area contributed by atoms with Crippen molar-refractivity contribution in [2.45, 2.75) is 32.9 Å². The number of nitrogens with one attached hydrogen (secondary N) is 1. The second kappa shape index (κ2) is 11.0. The molecule has 1 N–H and O–H groups in total. The number of aromatic nitrogens is 2. The molecule has 0 spiro atoms. The first-order valence-corrected chi connectivity index (χ1v) is 10.2. The van der Waals surface area contributed by atoms with Gasteiger partial charge in [-0.2, -0.15) is 0 Å². The van der Waals surface area contributed by atoms with Crippen LogP contribution < -0.4 is 10.1 Å². The molecule has 0 radical (unpaired) electrons. The Bertz CT molecular complexity index is 768. The lowest BCUT2D eigenvalue weighted by atomic mass is 9.93. The molecule has 2 unspecified atom stereocenters. The molecule has 6 nitrogen and oxygen atoms in total. The lowest BCUT2D eigenvalue weighted by molar-refractivity contribution is 0.189. The highest BCUT2D eigenvalue weighted by atomic mass is 127. The molecule has 1 aromatic heterocycles. The molecule has 2 heterocycles. The summed E-state index contributed by atoms with van der Waals surface area (Å²) in [7, 11) is 1.68. The van der Waals surface area contributed by atoms with Crippen LogP contribution >= 0.6 is 39.9 Å². The van der Waals surface area contributed by atoms with Gasteiger partial charge in [-0.1, -0.05) is 13.0 Å². The van der Waals surface area contributed by atoms with Crippen LogP contribution in [0.15, 0.2) is 46.4 Å². The van der Waals surface area contributed by atoms with Crippen LogP contribution in [-0.2, 0) is 6.54 Å². The fraction of sp³-hybridized carbons (Fsp3) is 0.500. The first-order chi connectivity index (χ1) is 13.1. The topological polar surface area (TPSA) is 54.7 Å². The minimum Gasteiger partial charge on any atom is -0.496 e. The zero-order valence-corrected chi connectivity index (χ0v) is 20.6. The van der Waals surface area contributed by atoms with Gasteiger partial charge in [0.1, 0.15) is 5.75 Å². The number of imidazole rings is 1. The lowest BCUT2D eigenvalue weighted by Crippen LogP contribution is -2.49. The summed E-state index contributed by atoms with van der Waals surface area (Å²) in [6.07, 6.45) is 6.97. The van der Waals surface area contributed by atoms with Crippen LogP contribution in [0.4, 0.5) is 0 Å². The Labute approximate surface area is 192 Å². The Balaban J connectivity index is 0.00000280. The highest BCUT2D eigenvalue weighted by molar-refractivity contribution is 14.0. The van der Waals surface area contributed by atoms with Crippen molar-refractivity contribution in [3.8, 4) is 5.75 Å². The molecule has 2 atom stereocenters. The maximum Gasteiger partial charge on any atom is 0.194 e. The van der Waals surface area contributed by atoms with Gasteiger partial charge in [-0.25, -0.2) is 9.98 Å². The third-order valence-corrected chi connectivity index (χ3v) is 5.71. The molecule has 0 aliphatic carbocycles. The van der Waals surface area contributed by atoms with Gasteiger partial charge in [-0.15, -0.1) is 24.0 Å². The maximum absolute atomic E-state index is 5.31. The number of guanidine groups is 1. The summed E-state index contributed by atoms with van der Waals surface area (Å²) in [5, 5.41) is 3.46. The molecule has 1 aliphatic rings. The van der Waals surface area contributed by atoms with E-state index in [0.29, 0.717) is 18.5 Å². The standard InChI is InChI=1S/C20H28BrN5O.HI/c1-4-23-20(24-12-16-5-6-19(27-3)17(21)11-16)25-9-7-15(2)18(13-25)26-10-8-22-14-26;/h5-6,8,10-11,14-15,18H,4,7,9,12-13H2,1-3H3,(H,23,24);1H. The number of aliphatic imine (C=N–C) groups is 1. The largest absolute Gasteiger partial charge is 0.496 e. The zero-order chi connectivity index (χ0) is 19.2. The number of likely N-dealkylation sites (tertiary alicyclic amines) is 1. The third-order valence-electron chi connectivity index (χ3n) is 5.09. The maximum atomic E-state index is 5.31. The van der Waals surface area contributed by atoms with E-state index in [0.717, 1.165) is 47.8 Å². The van der Waals surface area contributed by atoms with Gasteiger partial charge in [-0.3, -0.25) is 0 Å². The van der Waals surface area contributed by atoms with E-state index in [2.05, 4.69) is 67.9 Å². The molecule has 154 valence electrons. The quantitative estimate of drug-likeness (QED) is 0.335. The number of methoxy groups -OCH3 is 1. The smallest absolute Gasteiger partial charge is 0.194 e. The van der Waals surface area contributed by atoms with Crippen LogP contribution in [0, 0.1) is 5.92 Å². The van der Waals surface area contributed by atoms with E-state index >= 15 is 0 Å². The first-order valence-electron chi connectivity index (χ1n) is 9.45. The summed E-state index contributed by atoms with van der Waals surface area (Å²) in [6, 6.07) is 6.52. The molecule has 3 rings (SSSR count). The molecule has 0 amide bonds. The van der Waals surface area contributed by atoms with Crippen molar-refractivity contribution in [3.05, 3.63) is 47.0 Å². The van der Waals surface area contributed by atoms with Crippen molar-refractivity contribution >= 4 is 45.9 Å². The van der Waals surface area contributed by atoms with Crippen LogP contribution in [-0.4, -0.2) is 47.2 Å². The van der Waals surface area contributed by atoms with Crippen LogP contribution in [0.3, 0.4) is 0 Å². The molecule has 1 saturated heterocycles. The second-order valence-electron chi connectivity index (χ2n) is 6.93. The fourth-order valence-electron chi connectivity index (χ4n) is 3.50. The number of nitrogens with zero attached hydrogens (tertiary/aromatic N) is 4. The van der Waals surface area contributed by atoms with E-state index in [1.54, 1.807) is 7.11 Å². The zero-order valence-electron chi connectivity index (χ0n) is 16.6. The minimum atomic E-state index is 0. The Morgan fingerprint density at radius 3 is 2.89 bits per heavy atom. The molecule has 0 bridgehead atoms. The summed E-state index contributed by atoms with van der Waals surface area (Å²) in [6.45, 7) is 7.88. The monoisotopic (exact) mass is 561 g/mol. The normalized spacial score (nSPS) is 19.9. The van der Waals surface area contributed by atoms with Gasteiger partial charge in [-0.05, 0) is 52.9 Å². The molecular formula is C20H29BrIN5O. The minimum absolute atomic E-state index is 0. The van der Waals surface area contributed by atoms with Crippen molar-refractivity contribution in [1.29, 1.82) is 0 Å². The first kappa shape index (κ1) is 23.0. The van der Waals surface area contributed by atoms with Gasteiger partial charge >= 0.3 is 0 Å². The number of rotatable bonds is 5. The van der Waals surface area contributed by atoms with Gasteiger partial charge in [0.05, 0.1) is 30.5 Å². The summed E-state index contributed by atoms with van der Waals surface area (Å²) in [5.41, 5.74) is 1.15. The van der Waals surface area contributed by atoms with Crippen LogP contribution in [0.5, 0.6) is 5.75 Å². The highest BCUT2D eigenvalue weighted by Gasteiger charge is 2.28. The van der Waals surface area contributed by atoms with Crippen LogP contribution in [0.1, 0.15) is 31.9 Å². The predicted molar refractivity (Wildman–Crippen MR) is 128 cm³/mol. The molecule has 1 aliphatic heterocycles. The lowest BCUT2D eigenvalue weighted by Gasteiger charge is -2.39. The molecule has 28 heavy (non-hydrogen) atoms. The Morgan fingerprint density at radius 1 is 1.43 bits per heavy atom. The predicted octanol–water partition coefficient (Wildman–Crippen LogP) is 4.32. The summed E-state index contributed by atoms with van der Waals surface area (Å²) >= 11 is 3.55. The van der Waals surface area contributed by atoms with Gasteiger partial charge < -0.3 is 19.5 Å². The number of ether oxygens (including phenoxy) is 1. The van der Waals surface area contributed by atoms with Crippen molar-refractivity contribution in [2.75, 3.05) is 26.7 Å². The molecule has 0 saturated carbocycles.